The Morgan fingerprint density at radius 2 is 1.74 bits per heavy atom. The predicted octanol–water partition coefficient (Wildman–Crippen LogP) is 4.17. The maximum absolute atomic E-state index is 12.6. The summed E-state index contributed by atoms with van der Waals surface area (Å²) in [5, 5.41) is 8.95. The van der Waals surface area contributed by atoms with E-state index in [1.807, 2.05) is 6.07 Å². The van der Waals surface area contributed by atoms with E-state index in [0.717, 1.165) is 17.7 Å². The molecule has 1 nitrogen and oxygen atoms in total. The third-order valence-electron chi connectivity index (χ3n) is 2.79. The van der Waals surface area contributed by atoms with Crippen molar-refractivity contribution in [2.45, 2.75) is 12.6 Å². The first kappa shape index (κ1) is 13.2. The molecule has 0 radical (unpaired) electrons. The molecule has 0 fully saturated rings. The quantitative estimate of drug-likeness (QED) is 0.796. The highest BCUT2D eigenvalue weighted by atomic mass is 19.4. The fourth-order valence-electron chi connectivity index (χ4n) is 1.86. The van der Waals surface area contributed by atoms with E-state index in [1.54, 1.807) is 30.3 Å². The fraction of sp³-hybridized carbons (Fsp3) is 0.133. The normalized spacial score (nSPS) is 11.1. The van der Waals surface area contributed by atoms with Gasteiger partial charge in [-0.25, -0.2) is 0 Å². The van der Waals surface area contributed by atoms with E-state index in [1.165, 1.54) is 6.07 Å². The molecular formula is C15H10F3N. The van der Waals surface area contributed by atoms with E-state index in [2.05, 4.69) is 0 Å². The van der Waals surface area contributed by atoms with Crippen molar-refractivity contribution in [3.05, 3.63) is 70.8 Å². The maximum Gasteiger partial charge on any atom is 0.416 e. The van der Waals surface area contributed by atoms with Crippen LogP contribution >= 0.6 is 0 Å². The number of nitrogens with zero attached hydrogens (tertiary/aromatic N) is 1. The van der Waals surface area contributed by atoms with Crippen LogP contribution in [0.25, 0.3) is 0 Å². The zero-order chi connectivity index (χ0) is 13.9. The molecule has 0 aliphatic rings. The molecule has 0 N–H and O–H groups in total. The lowest BCUT2D eigenvalue weighted by Gasteiger charge is -2.09. The average molecular weight is 261 g/mol. The molecule has 0 saturated carbocycles. The number of hydrogen-bond acceptors (Lipinski definition) is 1. The number of nitriles is 1. The summed E-state index contributed by atoms with van der Waals surface area (Å²) in [5.41, 5.74) is 1.08. The summed E-state index contributed by atoms with van der Waals surface area (Å²) < 4.78 is 37.8. The van der Waals surface area contributed by atoms with Gasteiger partial charge in [0, 0.05) is 0 Å². The topological polar surface area (TPSA) is 23.8 Å². The van der Waals surface area contributed by atoms with Gasteiger partial charge in [0.25, 0.3) is 0 Å². The molecule has 2 aromatic carbocycles. The number of benzene rings is 2. The first-order valence-electron chi connectivity index (χ1n) is 5.65. The second-order valence-corrected chi connectivity index (χ2v) is 4.14. The van der Waals surface area contributed by atoms with Crippen molar-refractivity contribution in [3.8, 4) is 6.07 Å². The molecule has 0 bridgehead atoms. The van der Waals surface area contributed by atoms with Gasteiger partial charge in [-0.3, -0.25) is 0 Å². The Balaban J connectivity index is 2.32. The first-order valence-corrected chi connectivity index (χ1v) is 5.65. The number of hydrogen-bond donors (Lipinski definition) is 0. The van der Waals surface area contributed by atoms with E-state index < -0.39 is 11.7 Å². The molecule has 0 aromatic heterocycles. The van der Waals surface area contributed by atoms with E-state index >= 15 is 0 Å². The van der Waals surface area contributed by atoms with Gasteiger partial charge in [-0.2, -0.15) is 18.4 Å². The summed E-state index contributed by atoms with van der Waals surface area (Å²) in [5.74, 6) is 0. The van der Waals surface area contributed by atoms with Gasteiger partial charge in [0.1, 0.15) is 0 Å². The van der Waals surface area contributed by atoms with Crippen LogP contribution in [0, 0.1) is 11.3 Å². The Labute approximate surface area is 108 Å². The van der Waals surface area contributed by atoms with Gasteiger partial charge in [0.15, 0.2) is 0 Å². The Morgan fingerprint density at radius 3 is 2.42 bits per heavy atom. The molecule has 0 saturated heterocycles. The molecule has 4 heteroatoms. The van der Waals surface area contributed by atoms with Gasteiger partial charge in [0.05, 0.1) is 17.2 Å². The SMILES string of the molecule is N#Cc1ccccc1Cc1cccc(C(F)(F)F)c1. The second-order valence-electron chi connectivity index (χ2n) is 4.14. The lowest BCUT2D eigenvalue weighted by Crippen LogP contribution is -2.05. The molecule has 0 heterocycles. The van der Waals surface area contributed by atoms with Crippen molar-refractivity contribution in [2.75, 3.05) is 0 Å². The van der Waals surface area contributed by atoms with E-state index in [4.69, 9.17) is 5.26 Å². The Hall–Kier alpha value is -2.28. The Bertz CT molecular complexity index is 624. The maximum atomic E-state index is 12.6. The number of rotatable bonds is 2. The summed E-state index contributed by atoms with van der Waals surface area (Å²) in [6.45, 7) is 0. The summed E-state index contributed by atoms with van der Waals surface area (Å²) >= 11 is 0. The van der Waals surface area contributed by atoms with Gasteiger partial charge >= 0.3 is 6.18 Å². The highest BCUT2D eigenvalue weighted by molar-refractivity contribution is 5.41. The molecule has 96 valence electrons. The smallest absolute Gasteiger partial charge is 0.192 e. The van der Waals surface area contributed by atoms with Crippen LogP contribution in [-0.2, 0) is 12.6 Å². The molecular weight excluding hydrogens is 251 g/mol. The minimum absolute atomic E-state index is 0.313. The van der Waals surface area contributed by atoms with Crippen LogP contribution in [-0.4, -0.2) is 0 Å². The Kier molecular flexibility index (Phi) is 3.57. The molecule has 0 amide bonds. The minimum atomic E-state index is -4.34. The van der Waals surface area contributed by atoms with Gasteiger partial charge in [-0.15, -0.1) is 0 Å². The molecule has 2 rings (SSSR count). The standard InChI is InChI=1S/C15H10F3N/c16-15(17,18)14-7-3-4-11(9-14)8-12-5-1-2-6-13(12)10-19/h1-7,9H,8H2. The fourth-order valence-corrected chi connectivity index (χ4v) is 1.86. The zero-order valence-corrected chi connectivity index (χ0v) is 9.91. The average Bonchev–Trinajstić information content (AvgIpc) is 2.39. The molecule has 0 atom stereocenters. The van der Waals surface area contributed by atoms with Gasteiger partial charge in [0.2, 0.25) is 0 Å². The monoisotopic (exact) mass is 261 g/mol. The third kappa shape index (κ3) is 3.14. The van der Waals surface area contributed by atoms with Crippen LogP contribution in [0.2, 0.25) is 0 Å². The van der Waals surface area contributed by atoms with Crippen molar-refractivity contribution in [2.24, 2.45) is 0 Å². The Morgan fingerprint density at radius 1 is 1.00 bits per heavy atom. The van der Waals surface area contributed by atoms with Crippen LogP contribution in [0.4, 0.5) is 13.2 Å². The summed E-state index contributed by atoms with van der Waals surface area (Å²) in [6, 6.07) is 14.1. The molecule has 0 aliphatic carbocycles. The zero-order valence-electron chi connectivity index (χ0n) is 9.91. The number of alkyl halides is 3. The summed E-state index contributed by atoms with van der Waals surface area (Å²) in [7, 11) is 0. The summed E-state index contributed by atoms with van der Waals surface area (Å²) in [4.78, 5) is 0. The van der Waals surface area contributed by atoms with Gasteiger partial charge < -0.3 is 0 Å². The van der Waals surface area contributed by atoms with Crippen LogP contribution in [0.1, 0.15) is 22.3 Å². The minimum Gasteiger partial charge on any atom is -0.192 e. The van der Waals surface area contributed by atoms with E-state index in [-0.39, 0.29) is 0 Å². The first-order chi connectivity index (χ1) is 9.00. The molecule has 2 aromatic rings. The molecule has 0 spiro atoms. The largest absolute Gasteiger partial charge is 0.416 e. The highest BCUT2D eigenvalue weighted by Crippen LogP contribution is 2.30. The molecule has 0 unspecified atom stereocenters. The van der Waals surface area contributed by atoms with Gasteiger partial charge in [-0.05, 0) is 29.7 Å². The lowest BCUT2D eigenvalue weighted by molar-refractivity contribution is -0.137. The number of halogens is 3. The molecule has 0 aliphatic heterocycles. The van der Waals surface area contributed by atoms with Crippen LogP contribution < -0.4 is 0 Å². The van der Waals surface area contributed by atoms with Crippen molar-refractivity contribution < 1.29 is 13.2 Å². The summed E-state index contributed by atoms with van der Waals surface area (Å²) in [6.07, 6.45) is -4.03. The van der Waals surface area contributed by atoms with Crippen LogP contribution in [0.5, 0.6) is 0 Å². The third-order valence-corrected chi connectivity index (χ3v) is 2.79. The lowest BCUT2D eigenvalue weighted by atomic mass is 9.99. The van der Waals surface area contributed by atoms with Gasteiger partial charge in [-0.1, -0.05) is 36.4 Å². The van der Waals surface area contributed by atoms with Crippen molar-refractivity contribution in [1.29, 1.82) is 5.26 Å². The van der Waals surface area contributed by atoms with E-state index in [0.29, 0.717) is 17.5 Å². The van der Waals surface area contributed by atoms with Crippen LogP contribution in [0.3, 0.4) is 0 Å². The highest BCUT2D eigenvalue weighted by Gasteiger charge is 2.30. The van der Waals surface area contributed by atoms with Crippen molar-refractivity contribution in [1.82, 2.24) is 0 Å². The molecule has 19 heavy (non-hydrogen) atoms. The predicted molar refractivity (Wildman–Crippen MR) is 65.4 cm³/mol. The van der Waals surface area contributed by atoms with E-state index in [9.17, 15) is 13.2 Å². The van der Waals surface area contributed by atoms with Crippen molar-refractivity contribution >= 4 is 0 Å². The van der Waals surface area contributed by atoms with Crippen molar-refractivity contribution in [3.63, 3.8) is 0 Å². The second kappa shape index (κ2) is 5.15. The van der Waals surface area contributed by atoms with Crippen LogP contribution in [0.15, 0.2) is 48.5 Å².